The van der Waals surface area contributed by atoms with Crippen LogP contribution in [-0.4, -0.2) is 18.1 Å². The summed E-state index contributed by atoms with van der Waals surface area (Å²) in [5.74, 6) is -0.209. The van der Waals surface area contributed by atoms with E-state index in [-0.39, 0.29) is 5.97 Å². The number of nitrogens with zero attached hydrogens (tertiary/aromatic N) is 1. The summed E-state index contributed by atoms with van der Waals surface area (Å²) in [7, 11) is 1.40. The number of aryl methyl sites for hydroxylation is 1. The van der Waals surface area contributed by atoms with Crippen molar-refractivity contribution in [2.75, 3.05) is 12.4 Å². The molecule has 1 N–H and O–H groups in total. The minimum Gasteiger partial charge on any atom is -0.469 e. The van der Waals surface area contributed by atoms with Crippen LogP contribution in [0.1, 0.15) is 15.4 Å². The number of nitrogens with one attached hydrogen (secondary N) is 1. The van der Waals surface area contributed by atoms with Crippen LogP contribution in [0.5, 0.6) is 0 Å². The Morgan fingerprint density at radius 2 is 2.10 bits per heavy atom. The topological polar surface area (TPSA) is 51.2 Å². The van der Waals surface area contributed by atoms with Crippen molar-refractivity contribution in [3.63, 3.8) is 0 Å². The number of carbonyl (C=O) groups excluding carboxylic acids is 1. The smallest absolute Gasteiger partial charge is 0.310 e. The van der Waals surface area contributed by atoms with Gasteiger partial charge in [0.15, 0.2) is 0 Å². The average Bonchev–Trinajstić information content (AvgIpc) is 2.85. The van der Waals surface area contributed by atoms with Crippen LogP contribution >= 0.6 is 27.3 Å². The molecule has 0 aliphatic heterocycles. The standard InChI is InChI=1S/C14H15BrN2O2S/c1-9-12(5-6-13(15)17-9)16-8-11-4-3-10(20-11)7-14(18)19-2/h3-6,16H,7-8H2,1-2H3. The molecule has 0 spiro atoms. The number of hydrogen-bond acceptors (Lipinski definition) is 5. The van der Waals surface area contributed by atoms with Crippen LogP contribution in [0.4, 0.5) is 5.69 Å². The molecule has 106 valence electrons. The number of pyridine rings is 1. The van der Waals surface area contributed by atoms with Crippen LogP contribution in [0, 0.1) is 6.92 Å². The summed E-state index contributed by atoms with van der Waals surface area (Å²) in [5, 5.41) is 3.35. The molecular formula is C14H15BrN2O2S. The Hall–Kier alpha value is -1.40. The number of hydrogen-bond donors (Lipinski definition) is 1. The first-order chi connectivity index (χ1) is 9.58. The normalized spacial score (nSPS) is 10.3. The zero-order chi connectivity index (χ0) is 14.5. The number of carbonyl (C=O) groups is 1. The van der Waals surface area contributed by atoms with Gasteiger partial charge >= 0.3 is 5.97 Å². The second-order valence-electron chi connectivity index (χ2n) is 4.24. The molecule has 2 aromatic heterocycles. The highest BCUT2D eigenvalue weighted by atomic mass is 79.9. The summed E-state index contributed by atoms with van der Waals surface area (Å²) in [6, 6.07) is 7.89. The van der Waals surface area contributed by atoms with Gasteiger partial charge in [-0.3, -0.25) is 4.79 Å². The number of anilines is 1. The van der Waals surface area contributed by atoms with Gasteiger partial charge < -0.3 is 10.1 Å². The maximum absolute atomic E-state index is 11.2. The fraction of sp³-hybridized carbons (Fsp3) is 0.286. The zero-order valence-corrected chi connectivity index (χ0v) is 13.7. The molecule has 2 aromatic rings. The lowest BCUT2D eigenvalue weighted by molar-refractivity contribution is -0.139. The lowest BCUT2D eigenvalue weighted by Crippen LogP contribution is -2.02. The predicted molar refractivity (Wildman–Crippen MR) is 84.0 cm³/mol. The Balaban J connectivity index is 1.95. The summed E-state index contributed by atoms with van der Waals surface area (Å²) < 4.78 is 5.49. The van der Waals surface area contributed by atoms with Crippen molar-refractivity contribution in [2.45, 2.75) is 19.9 Å². The fourth-order valence-electron chi connectivity index (χ4n) is 1.73. The van der Waals surface area contributed by atoms with Gasteiger partial charge in [0.1, 0.15) is 4.60 Å². The Morgan fingerprint density at radius 3 is 2.80 bits per heavy atom. The molecule has 20 heavy (non-hydrogen) atoms. The molecule has 0 saturated carbocycles. The molecule has 0 aliphatic carbocycles. The molecule has 0 atom stereocenters. The van der Waals surface area contributed by atoms with E-state index in [4.69, 9.17) is 0 Å². The molecule has 0 radical (unpaired) electrons. The van der Waals surface area contributed by atoms with Crippen LogP contribution in [0.2, 0.25) is 0 Å². The molecule has 0 amide bonds. The lowest BCUT2D eigenvalue weighted by atomic mass is 10.3. The van der Waals surface area contributed by atoms with Gasteiger partial charge in [-0.25, -0.2) is 4.98 Å². The quantitative estimate of drug-likeness (QED) is 0.658. The van der Waals surface area contributed by atoms with Gasteiger partial charge in [-0.15, -0.1) is 11.3 Å². The van der Waals surface area contributed by atoms with Gasteiger partial charge in [-0.1, -0.05) is 0 Å². The molecule has 0 bridgehead atoms. The lowest BCUT2D eigenvalue weighted by Gasteiger charge is -2.07. The van der Waals surface area contributed by atoms with Crippen molar-refractivity contribution < 1.29 is 9.53 Å². The summed E-state index contributed by atoms with van der Waals surface area (Å²) >= 11 is 4.96. The van der Waals surface area contributed by atoms with Crippen LogP contribution in [0.15, 0.2) is 28.9 Å². The number of aromatic nitrogens is 1. The number of ether oxygens (including phenoxy) is 1. The van der Waals surface area contributed by atoms with E-state index in [1.165, 1.54) is 12.0 Å². The van der Waals surface area contributed by atoms with Crippen molar-refractivity contribution in [1.82, 2.24) is 4.98 Å². The van der Waals surface area contributed by atoms with E-state index in [2.05, 4.69) is 31.0 Å². The number of esters is 1. The number of methoxy groups -OCH3 is 1. The second kappa shape index (κ2) is 6.85. The molecule has 6 heteroatoms. The number of halogens is 1. The van der Waals surface area contributed by atoms with Gasteiger partial charge in [0.05, 0.1) is 24.9 Å². The van der Waals surface area contributed by atoms with Crippen molar-refractivity contribution in [3.05, 3.63) is 44.3 Å². The largest absolute Gasteiger partial charge is 0.469 e. The first kappa shape index (κ1) is 15.0. The van der Waals surface area contributed by atoms with Crippen LogP contribution in [0.3, 0.4) is 0 Å². The molecule has 0 aromatic carbocycles. The average molecular weight is 355 g/mol. The monoisotopic (exact) mass is 354 g/mol. The minimum atomic E-state index is -0.209. The van der Waals surface area contributed by atoms with Gasteiger partial charge in [0, 0.05) is 16.3 Å². The molecule has 0 aliphatic rings. The highest BCUT2D eigenvalue weighted by Gasteiger charge is 2.07. The summed E-state index contributed by atoms with van der Waals surface area (Å²) in [6.45, 7) is 2.68. The third kappa shape index (κ3) is 4.05. The molecule has 0 unspecified atom stereocenters. The van der Waals surface area contributed by atoms with Gasteiger partial charge in [-0.2, -0.15) is 0 Å². The highest BCUT2D eigenvalue weighted by Crippen LogP contribution is 2.21. The Kier molecular flexibility index (Phi) is 5.14. The van der Waals surface area contributed by atoms with Gasteiger partial charge in [0.2, 0.25) is 0 Å². The molecular weight excluding hydrogens is 340 g/mol. The van der Waals surface area contributed by atoms with E-state index in [0.717, 1.165) is 27.4 Å². The Labute approximate surface area is 130 Å². The van der Waals surface area contributed by atoms with Crippen LogP contribution < -0.4 is 5.32 Å². The summed E-state index contributed by atoms with van der Waals surface area (Å²) in [5.41, 5.74) is 1.96. The maximum atomic E-state index is 11.2. The van der Waals surface area contributed by atoms with Crippen LogP contribution in [0.25, 0.3) is 0 Å². The van der Waals surface area contributed by atoms with Crippen molar-refractivity contribution in [3.8, 4) is 0 Å². The summed E-state index contributed by atoms with van der Waals surface area (Å²) in [4.78, 5) is 17.7. The first-order valence-electron chi connectivity index (χ1n) is 6.10. The third-order valence-corrected chi connectivity index (χ3v) is 4.30. The highest BCUT2D eigenvalue weighted by molar-refractivity contribution is 9.10. The second-order valence-corrected chi connectivity index (χ2v) is 6.31. The Bertz CT molecular complexity index is 613. The van der Waals surface area contributed by atoms with E-state index >= 15 is 0 Å². The van der Waals surface area contributed by atoms with Crippen molar-refractivity contribution in [1.29, 1.82) is 0 Å². The van der Waals surface area contributed by atoms with E-state index in [0.29, 0.717) is 6.42 Å². The number of rotatable bonds is 5. The minimum absolute atomic E-state index is 0.209. The maximum Gasteiger partial charge on any atom is 0.310 e. The zero-order valence-electron chi connectivity index (χ0n) is 11.3. The van der Waals surface area contributed by atoms with E-state index in [1.54, 1.807) is 11.3 Å². The van der Waals surface area contributed by atoms with Crippen molar-refractivity contribution in [2.24, 2.45) is 0 Å². The van der Waals surface area contributed by atoms with E-state index in [1.807, 2.05) is 31.2 Å². The van der Waals surface area contributed by atoms with Crippen LogP contribution in [-0.2, 0) is 22.5 Å². The number of thiophene rings is 1. The summed E-state index contributed by atoms with van der Waals surface area (Å²) in [6.07, 6.45) is 0.333. The van der Waals surface area contributed by atoms with E-state index in [9.17, 15) is 4.79 Å². The molecule has 4 nitrogen and oxygen atoms in total. The SMILES string of the molecule is COC(=O)Cc1ccc(CNc2ccc(Br)nc2C)s1. The molecule has 0 fully saturated rings. The van der Waals surface area contributed by atoms with E-state index < -0.39 is 0 Å². The molecule has 2 heterocycles. The third-order valence-electron chi connectivity index (χ3n) is 2.77. The van der Waals surface area contributed by atoms with Gasteiger partial charge in [-0.05, 0) is 47.1 Å². The first-order valence-corrected chi connectivity index (χ1v) is 7.71. The fourth-order valence-corrected chi connectivity index (χ4v) is 3.07. The molecule has 2 rings (SSSR count). The Morgan fingerprint density at radius 1 is 1.35 bits per heavy atom. The van der Waals surface area contributed by atoms with Crippen molar-refractivity contribution >= 4 is 38.9 Å². The van der Waals surface area contributed by atoms with Gasteiger partial charge in [0.25, 0.3) is 0 Å². The molecule has 0 saturated heterocycles. The predicted octanol–water partition coefficient (Wildman–Crippen LogP) is 3.54.